The zero-order chi connectivity index (χ0) is 15.9. The summed E-state index contributed by atoms with van der Waals surface area (Å²) in [7, 11) is 2.22. The van der Waals surface area contributed by atoms with Crippen molar-refractivity contribution in [2.24, 2.45) is 0 Å². The molecule has 0 N–H and O–H groups in total. The van der Waals surface area contributed by atoms with E-state index in [0.717, 1.165) is 13.1 Å². The first-order valence-electron chi connectivity index (χ1n) is 8.36. The van der Waals surface area contributed by atoms with Crippen molar-refractivity contribution >= 4 is 0 Å². The molecule has 0 rings (SSSR count). The zero-order valence-electron chi connectivity index (χ0n) is 15.5. The molecule has 0 aliphatic carbocycles. The molecule has 3 heteroatoms. The molecular weight excluding hydrogens is 246 g/mol. The second-order valence-electron chi connectivity index (χ2n) is 7.13. The molecule has 20 heavy (non-hydrogen) atoms. The highest BCUT2D eigenvalue weighted by Crippen LogP contribution is 2.07. The maximum Gasteiger partial charge on any atom is 0.0115 e. The van der Waals surface area contributed by atoms with E-state index in [-0.39, 0.29) is 0 Å². The van der Waals surface area contributed by atoms with Crippen LogP contribution in [0.3, 0.4) is 0 Å². The molecule has 0 saturated carbocycles. The summed E-state index contributed by atoms with van der Waals surface area (Å²) in [4.78, 5) is 7.62. The van der Waals surface area contributed by atoms with Crippen molar-refractivity contribution in [3.05, 3.63) is 0 Å². The Morgan fingerprint density at radius 3 is 1.35 bits per heavy atom. The summed E-state index contributed by atoms with van der Waals surface area (Å²) in [6, 6.07) is 2.51. The van der Waals surface area contributed by atoms with Crippen LogP contribution in [0, 0.1) is 0 Å². The van der Waals surface area contributed by atoms with E-state index in [2.05, 4.69) is 77.1 Å². The van der Waals surface area contributed by atoms with Crippen molar-refractivity contribution in [3.63, 3.8) is 0 Å². The SMILES string of the molecule is CC(C)N(C)CCN(CCN(C(C)C)C(C)C)C(C)C. The van der Waals surface area contributed by atoms with Gasteiger partial charge >= 0.3 is 0 Å². The van der Waals surface area contributed by atoms with Crippen molar-refractivity contribution in [3.8, 4) is 0 Å². The molecule has 0 aliphatic heterocycles. The van der Waals surface area contributed by atoms with Crippen molar-refractivity contribution in [1.29, 1.82) is 0 Å². The maximum atomic E-state index is 2.61. The van der Waals surface area contributed by atoms with Crippen LogP contribution in [0.15, 0.2) is 0 Å². The summed E-state index contributed by atoms with van der Waals surface area (Å²) < 4.78 is 0. The van der Waals surface area contributed by atoms with Crippen LogP contribution in [0.25, 0.3) is 0 Å². The molecule has 0 bridgehead atoms. The summed E-state index contributed by atoms with van der Waals surface area (Å²) in [5, 5.41) is 0. The Hall–Kier alpha value is -0.120. The maximum absolute atomic E-state index is 2.61. The summed E-state index contributed by atoms with van der Waals surface area (Å²) >= 11 is 0. The molecule has 0 aliphatic rings. The Morgan fingerprint density at radius 2 is 1.00 bits per heavy atom. The monoisotopic (exact) mass is 285 g/mol. The van der Waals surface area contributed by atoms with Gasteiger partial charge in [-0.2, -0.15) is 0 Å². The third-order valence-corrected chi connectivity index (χ3v) is 4.32. The number of nitrogens with zero attached hydrogens (tertiary/aromatic N) is 3. The van der Waals surface area contributed by atoms with Crippen LogP contribution in [-0.2, 0) is 0 Å². The van der Waals surface area contributed by atoms with Crippen LogP contribution in [0.4, 0.5) is 0 Å². The van der Waals surface area contributed by atoms with Gasteiger partial charge in [0.2, 0.25) is 0 Å². The van der Waals surface area contributed by atoms with E-state index in [1.807, 2.05) is 0 Å². The van der Waals surface area contributed by atoms with E-state index in [1.54, 1.807) is 0 Å². The standard InChI is InChI=1S/C17H39N3/c1-14(2)18(9)10-11-19(15(3)4)12-13-20(16(5)6)17(7)8/h14-17H,10-13H2,1-9H3. The Kier molecular flexibility index (Phi) is 9.69. The third kappa shape index (κ3) is 7.61. The molecular formula is C17H39N3. The number of hydrogen-bond donors (Lipinski definition) is 0. The van der Waals surface area contributed by atoms with Crippen LogP contribution in [0.5, 0.6) is 0 Å². The zero-order valence-corrected chi connectivity index (χ0v) is 15.5. The molecule has 0 atom stereocenters. The van der Waals surface area contributed by atoms with Crippen molar-refractivity contribution < 1.29 is 0 Å². The molecule has 0 spiro atoms. The summed E-state index contributed by atoms with van der Waals surface area (Å²) in [5.41, 5.74) is 0. The van der Waals surface area contributed by atoms with Crippen LogP contribution >= 0.6 is 0 Å². The van der Waals surface area contributed by atoms with Gasteiger partial charge in [-0.1, -0.05) is 0 Å². The fourth-order valence-corrected chi connectivity index (χ4v) is 2.53. The summed E-state index contributed by atoms with van der Waals surface area (Å²) in [5.74, 6) is 0. The highest BCUT2D eigenvalue weighted by Gasteiger charge is 2.17. The molecule has 122 valence electrons. The Morgan fingerprint density at radius 1 is 0.550 bits per heavy atom. The first kappa shape index (κ1) is 19.9. The van der Waals surface area contributed by atoms with Gasteiger partial charge < -0.3 is 4.90 Å². The van der Waals surface area contributed by atoms with Crippen LogP contribution in [-0.4, -0.2) is 72.1 Å². The predicted molar refractivity (Wildman–Crippen MR) is 91.5 cm³/mol. The van der Waals surface area contributed by atoms with Crippen LogP contribution in [0.2, 0.25) is 0 Å². The fraction of sp³-hybridized carbons (Fsp3) is 1.00. The van der Waals surface area contributed by atoms with E-state index in [9.17, 15) is 0 Å². The van der Waals surface area contributed by atoms with E-state index in [0.29, 0.717) is 24.2 Å². The van der Waals surface area contributed by atoms with Gasteiger partial charge in [-0.15, -0.1) is 0 Å². The lowest BCUT2D eigenvalue weighted by atomic mass is 10.2. The van der Waals surface area contributed by atoms with Gasteiger partial charge in [-0.05, 0) is 62.4 Å². The van der Waals surface area contributed by atoms with Gasteiger partial charge in [0.1, 0.15) is 0 Å². The summed E-state index contributed by atoms with van der Waals surface area (Å²) in [6.45, 7) is 23.0. The van der Waals surface area contributed by atoms with Gasteiger partial charge in [0.05, 0.1) is 0 Å². The van der Waals surface area contributed by atoms with E-state index >= 15 is 0 Å². The molecule has 0 aromatic heterocycles. The molecule has 0 heterocycles. The van der Waals surface area contributed by atoms with Crippen LogP contribution < -0.4 is 0 Å². The molecule has 0 unspecified atom stereocenters. The van der Waals surface area contributed by atoms with Gasteiger partial charge in [0, 0.05) is 50.3 Å². The second-order valence-corrected chi connectivity index (χ2v) is 7.13. The Balaban J connectivity index is 4.33. The number of hydrogen-bond acceptors (Lipinski definition) is 3. The normalized spacial score (nSPS) is 13.2. The molecule has 0 aromatic carbocycles. The topological polar surface area (TPSA) is 9.72 Å². The molecule has 0 fully saturated rings. The first-order valence-corrected chi connectivity index (χ1v) is 8.36. The average Bonchev–Trinajstić information content (AvgIpc) is 2.31. The van der Waals surface area contributed by atoms with Gasteiger partial charge in [0.15, 0.2) is 0 Å². The number of rotatable bonds is 10. The minimum atomic E-state index is 0.622. The largest absolute Gasteiger partial charge is 0.303 e. The summed E-state index contributed by atoms with van der Waals surface area (Å²) in [6.07, 6.45) is 0. The quantitative estimate of drug-likeness (QED) is 0.610. The molecule has 0 radical (unpaired) electrons. The first-order chi connectivity index (χ1) is 9.16. The smallest absolute Gasteiger partial charge is 0.0115 e. The highest BCUT2D eigenvalue weighted by atomic mass is 15.2. The van der Waals surface area contributed by atoms with Gasteiger partial charge in [-0.25, -0.2) is 0 Å². The molecule has 0 amide bonds. The Bertz CT molecular complexity index is 228. The van der Waals surface area contributed by atoms with Gasteiger partial charge in [-0.3, -0.25) is 9.80 Å². The van der Waals surface area contributed by atoms with Crippen LogP contribution in [0.1, 0.15) is 55.4 Å². The van der Waals surface area contributed by atoms with Crippen molar-refractivity contribution in [2.75, 3.05) is 33.2 Å². The minimum absolute atomic E-state index is 0.622. The lowest BCUT2D eigenvalue weighted by Crippen LogP contribution is -2.46. The van der Waals surface area contributed by atoms with Gasteiger partial charge in [0.25, 0.3) is 0 Å². The average molecular weight is 286 g/mol. The number of likely N-dealkylation sites (N-methyl/N-ethyl adjacent to an activating group) is 1. The molecule has 3 nitrogen and oxygen atoms in total. The predicted octanol–water partition coefficient (Wildman–Crippen LogP) is 3.16. The van der Waals surface area contributed by atoms with Crippen molar-refractivity contribution in [1.82, 2.24) is 14.7 Å². The lowest BCUT2D eigenvalue weighted by molar-refractivity contribution is 0.119. The van der Waals surface area contributed by atoms with E-state index in [1.165, 1.54) is 13.1 Å². The minimum Gasteiger partial charge on any atom is -0.303 e. The molecule has 0 saturated heterocycles. The van der Waals surface area contributed by atoms with E-state index < -0.39 is 0 Å². The van der Waals surface area contributed by atoms with E-state index in [4.69, 9.17) is 0 Å². The Labute approximate surface area is 128 Å². The lowest BCUT2D eigenvalue weighted by Gasteiger charge is -2.35. The third-order valence-electron chi connectivity index (χ3n) is 4.32. The fourth-order valence-electron chi connectivity index (χ4n) is 2.53. The second kappa shape index (κ2) is 9.75. The van der Waals surface area contributed by atoms with Crippen molar-refractivity contribution in [2.45, 2.75) is 79.6 Å². The highest BCUT2D eigenvalue weighted by molar-refractivity contribution is 4.72. The molecule has 0 aromatic rings.